The third-order valence-corrected chi connectivity index (χ3v) is 4.22. The van der Waals surface area contributed by atoms with Crippen molar-refractivity contribution in [1.82, 2.24) is 0 Å². The van der Waals surface area contributed by atoms with Gasteiger partial charge in [0.2, 0.25) is 5.79 Å². The minimum atomic E-state index is -2.18. The van der Waals surface area contributed by atoms with E-state index in [2.05, 4.69) is 0 Å². The highest BCUT2D eigenvalue weighted by Crippen LogP contribution is 2.35. The molecule has 0 bridgehead atoms. The van der Waals surface area contributed by atoms with E-state index >= 15 is 0 Å². The molecule has 9 unspecified atom stereocenters. The molecule has 0 amide bonds. The molecule has 0 saturated carbocycles. The summed E-state index contributed by atoms with van der Waals surface area (Å²) in [5.74, 6) is -2.18. The van der Waals surface area contributed by atoms with Gasteiger partial charge in [-0.15, -0.1) is 0 Å². The van der Waals surface area contributed by atoms with Crippen LogP contribution in [0, 0.1) is 0 Å². The molecule has 7 N–H and O–H groups in total. The van der Waals surface area contributed by atoms with Crippen LogP contribution in [-0.2, 0) is 18.9 Å². The van der Waals surface area contributed by atoms with E-state index in [1.165, 1.54) is 7.11 Å². The summed E-state index contributed by atoms with van der Waals surface area (Å²) in [7, 11) is 1.34. The molecule has 2 fully saturated rings. The van der Waals surface area contributed by atoms with Crippen LogP contribution < -0.4 is 0 Å². The van der Waals surface area contributed by atoms with E-state index in [0.29, 0.717) is 0 Å². The van der Waals surface area contributed by atoms with Gasteiger partial charge in [-0.3, -0.25) is 0 Å². The molecular formula is C13H24O11. The van der Waals surface area contributed by atoms with E-state index in [1.807, 2.05) is 0 Å². The number of methoxy groups -OCH3 is 1. The van der Waals surface area contributed by atoms with Crippen molar-refractivity contribution in [2.75, 3.05) is 26.9 Å². The molecule has 0 aromatic rings. The van der Waals surface area contributed by atoms with Crippen molar-refractivity contribution in [2.24, 2.45) is 0 Å². The zero-order chi connectivity index (χ0) is 18.1. The maximum absolute atomic E-state index is 10.1. The highest BCUT2D eigenvalue weighted by molar-refractivity contribution is 4.98. The highest BCUT2D eigenvalue weighted by atomic mass is 16.8. The van der Waals surface area contributed by atoms with E-state index in [1.54, 1.807) is 0 Å². The lowest BCUT2D eigenvalue weighted by Gasteiger charge is -2.43. The van der Waals surface area contributed by atoms with E-state index in [4.69, 9.17) is 24.1 Å². The van der Waals surface area contributed by atoms with Gasteiger partial charge in [-0.05, 0) is 0 Å². The van der Waals surface area contributed by atoms with Gasteiger partial charge in [0.05, 0.1) is 13.2 Å². The van der Waals surface area contributed by atoms with Gasteiger partial charge in [-0.2, -0.15) is 0 Å². The molecule has 2 heterocycles. The summed E-state index contributed by atoms with van der Waals surface area (Å²) in [5.41, 5.74) is 0. The molecule has 24 heavy (non-hydrogen) atoms. The first-order valence-electron chi connectivity index (χ1n) is 7.43. The minimum absolute atomic E-state index is 0.123. The summed E-state index contributed by atoms with van der Waals surface area (Å²) >= 11 is 0. The molecule has 2 rings (SSSR count). The molecule has 9 atom stereocenters. The Balaban J connectivity index is 2.17. The third kappa shape index (κ3) is 3.43. The molecule has 142 valence electrons. The zero-order valence-electron chi connectivity index (χ0n) is 13.0. The van der Waals surface area contributed by atoms with Gasteiger partial charge in [-0.25, -0.2) is 0 Å². The average molecular weight is 356 g/mol. The van der Waals surface area contributed by atoms with Crippen LogP contribution in [0.25, 0.3) is 0 Å². The first kappa shape index (κ1) is 19.9. The van der Waals surface area contributed by atoms with Gasteiger partial charge in [0.25, 0.3) is 0 Å². The molecular weight excluding hydrogens is 332 g/mol. The minimum Gasteiger partial charge on any atom is -0.394 e. The highest BCUT2D eigenvalue weighted by Gasteiger charge is 2.58. The van der Waals surface area contributed by atoms with Crippen LogP contribution in [0.5, 0.6) is 0 Å². The number of ether oxygens (including phenoxy) is 4. The van der Waals surface area contributed by atoms with Crippen molar-refractivity contribution in [3.63, 3.8) is 0 Å². The van der Waals surface area contributed by atoms with Gasteiger partial charge < -0.3 is 54.7 Å². The quantitative estimate of drug-likeness (QED) is 0.243. The Morgan fingerprint density at radius 1 is 0.917 bits per heavy atom. The van der Waals surface area contributed by atoms with Crippen molar-refractivity contribution >= 4 is 0 Å². The maximum atomic E-state index is 10.1. The number of aliphatic hydroxyl groups is 7. The molecule has 2 aliphatic rings. The lowest BCUT2D eigenvalue weighted by atomic mass is 9.99. The molecule has 0 aromatic heterocycles. The van der Waals surface area contributed by atoms with Crippen LogP contribution in [0.1, 0.15) is 0 Å². The summed E-state index contributed by atoms with van der Waals surface area (Å²) in [4.78, 5) is 0. The predicted octanol–water partition coefficient (Wildman–Crippen LogP) is -4.74. The lowest BCUT2D eigenvalue weighted by Crippen LogP contribution is -2.62. The van der Waals surface area contributed by atoms with Gasteiger partial charge in [-0.1, -0.05) is 0 Å². The monoisotopic (exact) mass is 356 g/mol. The summed E-state index contributed by atoms with van der Waals surface area (Å²) < 4.78 is 20.7. The van der Waals surface area contributed by atoms with Gasteiger partial charge in [0.1, 0.15) is 49.3 Å². The van der Waals surface area contributed by atoms with Crippen molar-refractivity contribution in [3.05, 3.63) is 0 Å². The predicted molar refractivity (Wildman–Crippen MR) is 73.4 cm³/mol. The number of hydrogen-bond donors (Lipinski definition) is 7. The second-order valence-corrected chi connectivity index (χ2v) is 5.83. The normalized spacial score (nSPS) is 49.5. The summed E-state index contributed by atoms with van der Waals surface area (Å²) in [5, 5.41) is 68.3. The van der Waals surface area contributed by atoms with Gasteiger partial charge >= 0.3 is 0 Å². The van der Waals surface area contributed by atoms with Crippen LogP contribution in [0.3, 0.4) is 0 Å². The van der Waals surface area contributed by atoms with Crippen LogP contribution in [0.15, 0.2) is 0 Å². The maximum Gasteiger partial charge on any atom is 0.224 e. The largest absolute Gasteiger partial charge is 0.394 e. The molecule has 0 aliphatic carbocycles. The van der Waals surface area contributed by atoms with Gasteiger partial charge in [0, 0.05) is 7.11 Å². The number of aliphatic hydroxyl groups excluding tert-OH is 7. The standard InChI is InChI=1S/C13H24O11/c1-21-3-6-7(16)9(18)10(19)12(22-6)24-13(4-15)11(20)8(17)5(2-14)23-13/h5-12,14-20H,2-4H2,1H3. The van der Waals surface area contributed by atoms with E-state index in [0.717, 1.165) is 0 Å². The topological polar surface area (TPSA) is 179 Å². The average Bonchev–Trinajstić information content (AvgIpc) is 2.82. The Labute approximate surface area is 137 Å². The summed E-state index contributed by atoms with van der Waals surface area (Å²) in [6, 6.07) is 0. The fourth-order valence-electron chi connectivity index (χ4n) is 2.78. The summed E-state index contributed by atoms with van der Waals surface area (Å²) in [6.07, 6.45) is -12.0. The van der Waals surface area contributed by atoms with E-state index in [9.17, 15) is 30.6 Å². The number of rotatable bonds is 6. The Bertz CT molecular complexity index is 409. The molecule has 11 heteroatoms. The van der Waals surface area contributed by atoms with Crippen LogP contribution in [0.4, 0.5) is 0 Å². The zero-order valence-corrected chi connectivity index (χ0v) is 13.0. The lowest BCUT2D eigenvalue weighted by molar-refractivity contribution is -0.383. The van der Waals surface area contributed by atoms with E-state index in [-0.39, 0.29) is 6.61 Å². The Morgan fingerprint density at radius 3 is 2.08 bits per heavy atom. The molecule has 0 spiro atoms. The van der Waals surface area contributed by atoms with Crippen molar-refractivity contribution in [1.29, 1.82) is 0 Å². The van der Waals surface area contributed by atoms with Crippen LogP contribution >= 0.6 is 0 Å². The fraction of sp³-hybridized carbons (Fsp3) is 1.00. The van der Waals surface area contributed by atoms with Crippen LogP contribution in [0.2, 0.25) is 0 Å². The van der Waals surface area contributed by atoms with E-state index < -0.39 is 68.0 Å². The SMILES string of the molecule is COCC1OC(OC2(CO)OC(CO)C(O)C2O)C(O)C(O)C1O. The van der Waals surface area contributed by atoms with Crippen molar-refractivity contribution < 1.29 is 54.7 Å². The van der Waals surface area contributed by atoms with Crippen LogP contribution in [-0.4, -0.2) is 117 Å². The molecule has 0 radical (unpaired) electrons. The second kappa shape index (κ2) is 7.85. The Kier molecular flexibility index (Phi) is 6.50. The first-order chi connectivity index (χ1) is 11.3. The summed E-state index contributed by atoms with van der Waals surface area (Å²) in [6.45, 7) is -1.70. The third-order valence-electron chi connectivity index (χ3n) is 4.22. The Hall–Kier alpha value is -0.440. The molecule has 2 aliphatic heterocycles. The molecule has 2 saturated heterocycles. The van der Waals surface area contributed by atoms with Gasteiger partial charge in [0.15, 0.2) is 6.29 Å². The number of hydrogen-bond acceptors (Lipinski definition) is 11. The second-order valence-electron chi connectivity index (χ2n) is 5.83. The first-order valence-corrected chi connectivity index (χ1v) is 7.43. The fourth-order valence-corrected chi connectivity index (χ4v) is 2.78. The van der Waals surface area contributed by atoms with Crippen molar-refractivity contribution in [2.45, 2.75) is 54.8 Å². The Morgan fingerprint density at radius 2 is 1.58 bits per heavy atom. The molecule has 0 aromatic carbocycles. The smallest absolute Gasteiger partial charge is 0.224 e. The molecule has 11 nitrogen and oxygen atoms in total. The van der Waals surface area contributed by atoms with Crippen molar-refractivity contribution in [3.8, 4) is 0 Å².